The van der Waals surface area contributed by atoms with Crippen LogP contribution in [0.2, 0.25) is 0 Å². The molecule has 1 aliphatic rings. The van der Waals surface area contributed by atoms with E-state index < -0.39 is 34.7 Å². The smallest absolute Gasteiger partial charge is 0.267 e. The number of carbonyl (C=O) groups excluding carboxylic acids is 2. The van der Waals surface area contributed by atoms with Crippen LogP contribution in [0.3, 0.4) is 0 Å². The average Bonchev–Trinajstić information content (AvgIpc) is 2.87. The molecule has 8 nitrogen and oxygen atoms in total. The molecule has 1 heterocycles. The van der Waals surface area contributed by atoms with Gasteiger partial charge in [-0.3, -0.25) is 23.9 Å². The molecule has 0 spiro atoms. The number of hydroxylamine groups is 1. The lowest BCUT2D eigenvalue weighted by molar-refractivity contribution is -0.131. The van der Waals surface area contributed by atoms with Crippen molar-refractivity contribution in [3.05, 3.63) is 76.9 Å². The number of carbonyl (C=O) groups is 2. The standard InChI is InChI=1S/C26H30N4O4S/c1-19(27)24(26(32)29-33)28-25(31)23-12-10-21(11-13-23)5-3-2-4-20-6-8-22(9-7-20)18-30-14-16-35(34)17-15-30/h3,5-13,19,24,33H,14-18,27H2,1H3,(H,28,31)(H,29,32)/t19-,24+/m1/s1. The summed E-state index contributed by atoms with van der Waals surface area (Å²) in [5.41, 5.74) is 10.6. The van der Waals surface area contributed by atoms with E-state index in [1.54, 1.807) is 37.3 Å². The molecular weight excluding hydrogens is 464 g/mol. The number of nitrogens with two attached hydrogens (primary N) is 1. The topological polar surface area (TPSA) is 125 Å². The quantitative estimate of drug-likeness (QED) is 0.261. The van der Waals surface area contributed by atoms with E-state index in [9.17, 15) is 13.8 Å². The third kappa shape index (κ3) is 8.16. The molecule has 2 atom stereocenters. The predicted molar refractivity (Wildman–Crippen MR) is 137 cm³/mol. The molecule has 3 rings (SSSR count). The summed E-state index contributed by atoms with van der Waals surface area (Å²) < 4.78 is 11.5. The Morgan fingerprint density at radius 3 is 2.40 bits per heavy atom. The van der Waals surface area contributed by atoms with Crippen molar-refractivity contribution in [2.24, 2.45) is 5.73 Å². The molecule has 0 radical (unpaired) electrons. The van der Waals surface area contributed by atoms with E-state index in [1.165, 1.54) is 11.0 Å². The maximum atomic E-state index is 12.4. The summed E-state index contributed by atoms with van der Waals surface area (Å²) >= 11 is 0. The van der Waals surface area contributed by atoms with Crippen LogP contribution >= 0.6 is 0 Å². The third-order valence-corrected chi connectivity index (χ3v) is 6.86. The van der Waals surface area contributed by atoms with Gasteiger partial charge in [0.15, 0.2) is 0 Å². The molecule has 2 amide bonds. The molecule has 2 aromatic rings. The van der Waals surface area contributed by atoms with Gasteiger partial charge < -0.3 is 11.1 Å². The first-order chi connectivity index (χ1) is 16.9. The van der Waals surface area contributed by atoms with Gasteiger partial charge >= 0.3 is 0 Å². The summed E-state index contributed by atoms with van der Waals surface area (Å²) in [6.45, 7) is 4.17. The molecule has 35 heavy (non-hydrogen) atoms. The molecule has 0 aliphatic carbocycles. The highest BCUT2D eigenvalue weighted by atomic mass is 32.2. The zero-order valence-corrected chi connectivity index (χ0v) is 20.4. The van der Waals surface area contributed by atoms with E-state index in [-0.39, 0.29) is 0 Å². The van der Waals surface area contributed by atoms with Crippen LogP contribution in [0.5, 0.6) is 0 Å². The first kappa shape index (κ1) is 26.3. The fourth-order valence-electron chi connectivity index (χ4n) is 3.52. The van der Waals surface area contributed by atoms with Crippen molar-refractivity contribution in [3.8, 4) is 11.8 Å². The zero-order chi connectivity index (χ0) is 25.2. The van der Waals surface area contributed by atoms with Crippen LogP contribution in [0.15, 0.2) is 54.6 Å². The Kier molecular flexibility index (Phi) is 9.76. The minimum absolute atomic E-state index is 0.363. The van der Waals surface area contributed by atoms with Crippen molar-refractivity contribution in [3.63, 3.8) is 0 Å². The van der Waals surface area contributed by atoms with E-state index in [0.29, 0.717) is 5.56 Å². The van der Waals surface area contributed by atoms with E-state index in [2.05, 4.69) is 34.2 Å². The van der Waals surface area contributed by atoms with Gasteiger partial charge in [0.2, 0.25) is 0 Å². The van der Waals surface area contributed by atoms with Crippen molar-refractivity contribution in [2.45, 2.75) is 25.6 Å². The Labute approximate surface area is 208 Å². The summed E-state index contributed by atoms with van der Waals surface area (Å²) in [5, 5.41) is 11.3. The Hall–Kier alpha value is -3.29. The highest BCUT2D eigenvalue weighted by Gasteiger charge is 2.24. The minimum Gasteiger partial charge on any atom is -0.339 e. The van der Waals surface area contributed by atoms with Gasteiger partial charge in [-0.25, -0.2) is 5.48 Å². The number of nitrogens with zero attached hydrogens (tertiary/aromatic N) is 1. The van der Waals surface area contributed by atoms with Crippen LogP contribution in [0.25, 0.3) is 6.08 Å². The van der Waals surface area contributed by atoms with E-state index in [4.69, 9.17) is 10.9 Å². The molecule has 1 saturated heterocycles. The first-order valence-electron chi connectivity index (χ1n) is 11.3. The van der Waals surface area contributed by atoms with Gasteiger partial charge in [-0.2, -0.15) is 0 Å². The van der Waals surface area contributed by atoms with Crippen molar-refractivity contribution in [1.29, 1.82) is 0 Å². The largest absolute Gasteiger partial charge is 0.339 e. The molecule has 1 fully saturated rings. The lowest BCUT2D eigenvalue weighted by Crippen LogP contribution is -2.54. The lowest BCUT2D eigenvalue weighted by atomic mass is 10.1. The second kappa shape index (κ2) is 13.0. The van der Waals surface area contributed by atoms with E-state index >= 15 is 0 Å². The summed E-state index contributed by atoms with van der Waals surface area (Å²) in [6, 6.07) is 13.2. The van der Waals surface area contributed by atoms with Gasteiger partial charge in [-0.05, 0) is 54.5 Å². The number of hydrogen-bond acceptors (Lipinski definition) is 6. The normalized spacial score (nSPS) is 16.2. The van der Waals surface area contributed by atoms with Crippen LogP contribution in [0.1, 0.15) is 34.0 Å². The SMILES string of the molecule is C[C@@H](N)[C@H](NC(=O)c1ccc(C=CC#Cc2ccc(CN3CCS(=O)CC3)cc2)cc1)C(=O)NO. The van der Waals surface area contributed by atoms with Crippen molar-refractivity contribution < 1.29 is 19.0 Å². The van der Waals surface area contributed by atoms with Crippen LogP contribution in [0, 0.1) is 11.8 Å². The number of hydrogen-bond donors (Lipinski definition) is 4. The Morgan fingerprint density at radius 1 is 1.14 bits per heavy atom. The number of benzene rings is 2. The van der Waals surface area contributed by atoms with Crippen molar-refractivity contribution in [1.82, 2.24) is 15.7 Å². The molecule has 184 valence electrons. The number of rotatable bonds is 7. The summed E-state index contributed by atoms with van der Waals surface area (Å²) in [5.74, 6) is 6.38. The summed E-state index contributed by atoms with van der Waals surface area (Å²) in [7, 11) is -0.660. The van der Waals surface area contributed by atoms with Gasteiger partial charge in [-0.15, -0.1) is 0 Å². The highest BCUT2D eigenvalue weighted by molar-refractivity contribution is 7.85. The van der Waals surface area contributed by atoms with Crippen LogP contribution in [0.4, 0.5) is 0 Å². The Bertz CT molecular complexity index is 1120. The Balaban J connectivity index is 1.52. The number of amides is 2. The number of allylic oxidation sites excluding steroid dienone is 1. The fourth-order valence-corrected chi connectivity index (χ4v) is 4.65. The van der Waals surface area contributed by atoms with Crippen molar-refractivity contribution >= 4 is 28.7 Å². The lowest BCUT2D eigenvalue weighted by Gasteiger charge is -2.26. The zero-order valence-electron chi connectivity index (χ0n) is 19.6. The molecule has 0 saturated carbocycles. The summed E-state index contributed by atoms with van der Waals surface area (Å²) in [6.07, 6.45) is 3.59. The van der Waals surface area contributed by atoms with Crippen LogP contribution in [-0.4, -0.2) is 62.8 Å². The monoisotopic (exact) mass is 494 g/mol. The van der Waals surface area contributed by atoms with Gasteiger partial charge in [0.25, 0.3) is 11.8 Å². The first-order valence-corrected chi connectivity index (χ1v) is 12.8. The summed E-state index contributed by atoms with van der Waals surface area (Å²) in [4.78, 5) is 26.3. The highest BCUT2D eigenvalue weighted by Crippen LogP contribution is 2.10. The average molecular weight is 495 g/mol. The molecular formula is C26H30N4O4S. The van der Waals surface area contributed by atoms with Gasteiger partial charge in [0.1, 0.15) is 6.04 Å². The maximum Gasteiger partial charge on any atom is 0.267 e. The molecule has 0 bridgehead atoms. The molecule has 0 aromatic heterocycles. The molecule has 0 unspecified atom stereocenters. The third-order valence-electron chi connectivity index (χ3n) is 5.58. The molecule has 1 aliphatic heterocycles. The second-order valence-corrected chi connectivity index (χ2v) is 10.0. The second-order valence-electron chi connectivity index (χ2n) is 8.33. The van der Waals surface area contributed by atoms with E-state index in [0.717, 1.165) is 42.3 Å². The molecule has 9 heteroatoms. The minimum atomic E-state index is -1.05. The van der Waals surface area contributed by atoms with Crippen molar-refractivity contribution in [2.75, 3.05) is 24.6 Å². The Morgan fingerprint density at radius 2 is 1.80 bits per heavy atom. The van der Waals surface area contributed by atoms with Crippen LogP contribution in [-0.2, 0) is 22.1 Å². The van der Waals surface area contributed by atoms with Gasteiger partial charge in [0.05, 0.1) is 0 Å². The van der Waals surface area contributed by atoms with Gasteiger partial charge in [0, 0.05) is 59.1 Å². The predicted octanol–water partition coefficient (Wildman–Crippen LogP) is 1.27. The fraction of sp³-hybridized carbons (Fsp3) is 0.308. The van der Waals surface area contributed by atoms with E-state index in [1.807, 2.05) is 18.2 Å². The molecule has 2 aromatic carbocycles. The maximum absolute atomic E-state index is 12.4. The number of nitrogens with one attached hydrogen (secondary N) is 2. The molecule has 5 N–H and O–H groups in total. The van der Waals surface area contributed by atoms with Gasteiger partial charge in [-0.1, -0.05) is 36.1 Å². The van der Waals surface area contributed by atoms with Crippen LogP contribution < -0.4 is 16.5 Å².